The molecule has 0 unspecified atom stereocenters. The third-order valence-electron chi connectivity index (χ3n) is 2.03. The van der Waals surface area contributed by atoms with Gasteiger partial charge in [0.05, 0.1) is 9.95 Å². The number of halogens is 1. The Morgan fingerprint density at radius 2 is 2.19 bits per heavy atom. The molecule has 2 aromatic rings. The van der Waals surface area contributed by atoms with Crippen molar-refractivity contribution >= 4 is 44.7 Å². The van der Waals surface area contributed by atoms with Gasteiger partial charge in [0.15, 0.2) is 0 Å². The van der Waals surface area contributed by atoms with Gasteiger partial charge in [-0.05, 0) is 0 Å². The van der Waals surface area contributed by atoms with Crippen LogP contribution >= 0.6 is 22.9 Å². The number of carboxylic acids is 1. The minimum absolute atomic E-state index is 0.0520. The highest BCUT2D eigenvalue weighted by atomic mass is 35.5. The summed E-state index contributed by atoms with van der Waals surface area (Å²) < 4.78 is 0.287. The minimum Gasteiger partial charge on any atom is -0.477 e. The SMILES string of the molecule is O=C(O)c1sc2c([N+](=O)[O-])cccc2c1Cl. The zero-order chi connectivity index (χ0) is 11.9. The molecular weight excluding hydrogens is 254 g/mol. The Morgan fingerprint density at radius 1 is 1.50 bits per heavy atom. The van der Waals surface area contributed by atoms with Gasteiger partial charge >= 0.3 is 5.97 Å². The van der Waals surface area contributed by atoms with Crippen molar-refractivity contribution in [1.82, 2.24) is 0 Å². The van der Waals surface area contributed by atoms with E-state index in [0.717, 1.165) is 11.3 Å². The van der Waals surface area contributed by atoms with Crippen LogP contribution in [0.15, 0.2) is 18.2 Å². The van der Waals surface area contributed by atoms with Gasteiger partial charge in [0.1, 0.15) is 9.58 Å². The first-order valence-electron chi connectivity index (χ1n) is 4.11. The number of fused-ring (bicyclic) bond motifs is 1. The summed E-state index contributed by atoms with van der Waals surface area (Å²) in [5, 5.41) is 20.0. The lowest BCUT2D eigenvalue weighted by Gasteiger charge is -1.92. The predicted octanol–water partition coefficient (Wildman–Crippen LogP) is 3.16. The second-order valence-electron chi connectivity index (χ2n) is 2.96. The van der Waals surface area contributed by atoms with E-state index in [9.17, 15) is 14.9 Å². The highest BCUT2D eigenvalue weighted by Gasteiger charge is 2.21. The maximum absolute atomic E-state index is 10.8. The molecule has 1 aromatic heterocycles. The van der Waals surface area contributed by atoms with Crippen LogP contribution in [0.2, 0.25) is 5.02 Å². The Bertz CT molecular complexity index is 607. The molecule has 7 heteroatoms. The first kappa shape index (κ1) is 10.8. The summed E-state index contributed by atoms with van der Waals surface area (Å²) in [6, 6.07) is 4.36. The zero-order valence-electron chi connectivity index (χ0n) is 7.64. The fourth-order valence-corrected chi connectivity index (χ4v) is 2.78. The number of benzene rings is 1. The lowest BCUT2D eigenvalue weighted by atomic mass is 10.2. The van der Waals surface area contributed by atoms with Crippen LogP contribution in [0.3, 0.4) is 0 Å². The molecule has 5 nitrogen and oxygen atoms in total. The zero-order valence-corrected chi connectivity index (χ0v) is 9.21. The van der Waals surface area contributed by atoms with Crippen LogP contribution in [0.25, 0.3) is 10.1 Å². The van der Waals surface area contributed by atoms with Crippen molar-refractivity contribution in [3.8, 4) is 0 Å². The maximum atomic E-state index is 10.8. The van der Waals surface area contributed by atoms with Crippen LogP contribution in [-0.2, 0) is 0 Å². The van der Waals surface area contributed by atoms with Gasteiger partial charge in [-0.2, -0.15) is 0 Å². The molecular formula is C9H4ClNO4S. The van der Waals surface area contributed by atoms with Gasteiger partial charge in [0.2, 0.25) is 0 Å². The minimum atomic E-state index is -1.18. The van der Waals surface area contributed by atoms with Crippen LogP contribution < -0.4 is 0 Å². The molecule has 1 heterocycles. The average Bonchev–Trinajstić information content (AvgIpc) is 2.56. The molecule has 82 valence electrons. The summed E-state index contributed by atoms with van der Waals surface area (Å²) in [6.07, 6.45) is 0. The van der Waals surface area contributed by atoms with Gasteiger partial charge in [-0.1, -0.05) is 23.7 Å². The summed E-state index contributed by atoms with van der Waals surface area (Å²) in [5.41, 5.74) is -0.128. The molecule has 0 aliphatic heterocycles. The number of hydrogen-bond donors (Lipinski definition) is 1. The molecule has 0 radical (unpaired) electrons. The van der Waals surface area contributed by atoms with Crippen molar-refractivity contribution in [3.63, 3.8) is 0 Å². The van der Waals surface area contributed by atoms with Crippen LogP contribution in [0.1, 0.15) is 9.67 Å². The Balaban J connectivity index is 2.85. The summed E-state index contributed by atoms with van der Waals surface area (Å²) in [7, 11) is 0. The van der Waals surface area contributed by atoms with Gasteiger partial charge in [-0.25, -0.2) is 4.79 Å². The highest BCUT2D eigenvalue weighted by Crippen LogP contribution is 2.39. The van der Waals surface area contributed by atoms with Crippen molar-refractivity contribution in [2.45, 2.75) is 0 Å². The van der Waals surface area contributed by atoms with Gasteiger partial charge in [-0.3, -0.25) is 10.1 Å². The maximum Gasteiger partial charge on any atom is 0.347 e. The average molecular weight is 258 g/mol. The van der Waals surface area contributed by atoms with E-state index >= 15 is 0 Å². The van der Waals surface area contributed by atoms with E-state index in [1.165, 1.54) is 12.1 Å². The lowest BCUT2D eigenvalue weighted by Crippen LogP contribution is -1.91. The molecule has 16 heavy (non-hydrogen) atoms. The van der Waals surface area contributed by atoms with Crippen LogP contribution in [0, 0.1) is 10.1 Å². The fraction of sp³-hybridized carbons (Fsp3) is 0. The molecule has 0 spiro atoms. The number of rotatable bonds is 2. The predicted molar refractivity (Wildman–Crippen MR) is 60.4 cm³/mol. The monoisotopic (exact) mass is 257 g/mol. The van der Waals surface area contributed by atoms with E-state index in [2.05, 4.69) is 0 Å². The van der Waals surface area contributed by atoms with E-state index in [1.807, 2.05) is 0 Å². The van der Waals surface area contributed by atoms with Gasteiger partial charge in [-0.15, -0.1) is 11.3 Å². The molecule has 0 amide bonds. The van der Waals surface area contributed by atoms with E-state index in [-0.39, 0.29) is 20.3 Å². The Morgan fingerprint density at radius 3 is 2.75 bits per heavy atom. The van der Waals surface area contributed by atoms with Gasteiger partial charge in [0.25, 0.3) is 5.69 Å². The fourth-order valence-electron chi connectivity index (χ4n) is 1.36. The summed E-state index contributed by atoms with van der Waals surface area (Å²) in [5.74, 6) is -1.18. The van der Waals surface area contributed by atoms with Crippen LogP contribution in [0.5, 0.6) is 0 Å². The van der Waals surface area contributed by atoms with Crippen LogP contribution in [0.4, 0.5) is 5.69 Å². The van der Waals surface area contributed by atoms with Crippen molar-refractivity contribution in [2.24, 2.45) is 0 Å². The number of nitro groups is 1. The van der Waals surface area contributed by atoms with Crippen molar-refractivity contribution in [1.29, 1.82) is 0 Å². The number of aromatic carboxylic acids is 1. The lowest BCUT2D eigenvalue weighted by molar-refractivity contribution is -0.382. The summed E-state index contributed by atoms with van der Waals surface area (Å²) in [6.45, 7) is 0. The largest absolute Gasteiger partial charge is 0.477 e. The molecule has 0 saturated carbocycles. The van der Waals surface area contributed by atoms with E-state index < -0.39 is 10.9 Å². The first-order chi connectivity index (χ1) is 7.52. The molecule has 0 saturated heterocycles. The quantitative estimate of drug-likeness (QED) is 0.662. The van der Waals surface area contributed by atoms with Crippen molar-refractivity contribution < 1.29 is 14.8 Å². The first-order valence-corrected chi connectivity index (χ1v) is 5.30. The van der Waals surface area contributed by atoms with Crippen molar-refractivity contribution in [2.75, 3.05) is 0 Å². The second kappa shape index (κ2) is 3.73. The number of carbonyl (C=O) groups is 1. The molecule has 0 aliphatic rings. The third kappa shape index (κ3) is 1.52. The standard InChI is InChI=1S/C9H4ClNO4S/c10-6-4-2-1-3-5(11(14)15)7(4)16-8(6)9(12)13/h1-3H,(H,12,13). The number of thiophene rings is 1. The van der Waals surface area contributed by atoms with Gasteiger partial charge < -0.3 is 5.11 Å². The molecule has 1 N–H and O–H groups in total. The van der Waals surface area contributed by atoms with E-state index in [1.54, 1.807) is 6.07 Å². The van der Waals surface area contributed by atoms with E-state index in [0.29, 0.717) is 5.39 Å². The topological polar surface area (TPSA) is 80.4 Å². The normalized spacial score (nSPS) is 10.6. The Kier molecular flexibility index (Phi) is 2.53. The number of carboxylic acid groups (broad SMARTS) is 1. The third-order valence-corrected chi connectivity index (χ3v) is 3.75. The second-order valence-corrected chi connectivity index (χ2v) is 4.36. The molecule has 0 atom stereocenters. The van der Waals surface area contributed by atoms with E-state index in [4.69, 9.17) is 16.7 Å². The molecule has 1 aromatic carbocycles. The molecule has 0 bridgehead atoms. The number of nitrogens with zero attached hydrogens (tertiary/aromatic N) is 1. The number of non-ortho nitro benzene ring substituents is 1. The highest BCUT2D eigenvalue weighted by molar-refractivity contribution is 7.22. The smallest absolute Gasteiger partial charge is 0.347 e. The molecule has 0 fully saturated rings. The Labute approximate surface area is 98.0 Å². The summed E-state index contributed by atoms with van der Waals surface area (Å²) >= 11 is 6.65. The van der Waals surface area contributed by atoms with Crippen LogP contribution in [-0.4, -0.2) is 16.0 Å². The molecule has 0 aliphatic carbocycles. The molecule has 2 rings (SSSR count). The van der Waals surface area contributed by atoms with Crippen molar-refractivity contribution in [3.05, 3.63) is 38.2 Å². The number of hydrogen-bond acceptors (Lipinski definition) is 4. The summed E-state index contributed by atoms with van der Waals surface area (Å²) in [4.78, 5) is 20.9. The Hall–Kier alpha value is -1.66. The number of nitro benzene ring substituents is 1. The van der Waals surface area contributed by atoms with Gasteiger partial charge in [0, 0.05) is 11.5 Å².